The minimum Gasteiger partial charge on any atom is -0.498 e. The van der Waals surface area contributed by atoms with Crippen LogP contribution < -0.4 is 5.73 Å². The normalized spacial score (nSPS) is 19.5. The van der Waals surface area contributed by atoms with E-state index in [4.69, 9.17) is 10.5 Å². The van der Waals surface area contributed by atoms with Crippen molar-refractivity contribution >= 4 is 0 Å². The lowest BCUT2D eigenvalue weighted by molar-refractivity contribution is 0.147. The van der Waals surface area contributed by atoms with E-state index < -0.39 is 0 Å². The number of hydrogen-bond donors (Lipinski definition) is 1. The molecule has 0 aliphatic heterocycles. The maximum Gasteiger partial charge on any atom is 0.0965 e. The van der Waals surface area contributed by atoms with Crippen molar-refractivity contribution in [1.29, 1.82) is 0 Å². The van der Waals surface area contributed by atoms with Crippen molar-refractivity contribution in [2.75, 3.05) is 13.2 Å². The molecule has 2 heteroatoms. The van der Waals surface area contributed by atoms with Gasteiger partial charge in [-0.25, -0.2) is 0 Å². The first-order chi connectivity index (χ1) is 8.30. The van der Waals surface area contributed by atoms with Gasteiger partial charge in [0.25, 0.3) is 0 Å². The molecule has 0 spiro atoms. The number of ether oxygens (including phenoxy) is 1. The van der Waals surface area contributed by atoms with Gasteiger partial charge in [0, 0.05) is 6.42 Å². The topological polar surface area (TPSA) is 35.2 Å². The first kappa shape index (κ1) is 14.3. The van der Waals surface area contributed by atoms with E-state index in [1.807, 2.05) is 0 Å². The minimum absolute atomic E-state index is 0.625. The van der Waals surface area contributed by atoms with Gasteiger partial charge in [-0.1, -0.05) is 38.8 Å². The summed E-state index contributed by atoms with van der Waals surface area (Å²) in [4.78, 5) is 0. The van der Waals surface area contributed by atoms with E-state index in [9.17, 15) is 0 Å². The predicted molar refractivity (Wildman–Crippen MR) is 73.6 cm³/mol. The van der Waals surface area contributed by atoms with Crippen molar-refractivity contribution in [3.63, 3.8) is 0 Å². The zero-order valence-corrected chi connectivity index (χ0v) is 11.3. The van der Waals surface area contributed by atoms with Gasteiger partial charge in [0.15, 0.2) is 0 Å². The van der Waals surface area contributed by atoms with Crippen molar-refractivity contribution in [3.05, 3.63) is 24.0 Å². The summed E-state index contributed by atoms with van der Waals surface area (Å²) in [6.45, 7) is 6.13. The van der Waals surface area contributed by atoms with Crippen molar-refractivity contribution in [1.82, 2.24) is 0 Å². The maximum atomic E-state index is 5.92. The van der Waals surface area contributed by atoms with Gasteiger partial charge in [0.2, 0.25) is 0 Å². The summed E-state index contributed by atoms with van der Waals surface area (Å²) in [7, 11) is 0. The van der Waals surface area contributed by atoms with Gasteiger partial charge >= 0.3 is 0 Å². The second kappa shape index (κ2) is 8.35. The maximum absolute atomic E-state index is 5.92. The average molecular weight is 237 g/mol. The molecule has 0 aromatic rings. The summed E-state index contributed by atoms with van der Waals surface area (Å²) in [6, 6.07) is 0. The first-order valence-corrected chi connectivity index (χ1v) is 7.00. The van der Waals surface area contributed by atoms with Crippen LogP contribution in [-0.2, 0) is 4.74 Å². The third kappa shape index (κ3) is 5.40. The highest BCUT2D eigenvalue weighted by atomic mass is 16.5. The summed E-state index contributed by atoms with van der Waals surface area (Å²) < 4.78 is 5.92. The zero-order valence-electron chi connectivity index (χ0n) is 11.3. The van der Waals surface area contributed by atoms with E-state index in [0.717, 1.165) is 31.8 Å². The molecule has 98 valence electrons. The van der Waals surface area contributed by atoms with Crippen molar-refractivity contribution < 1.29 is 4.74 Å². The van der Waals surface area contributed by atoms with Crippen LogP contribution >= 0.6 is 0 Å². The second-order valence-corrected chi connectivity index (χ2v) is 4.91. The van der Waals surface area contributed by atoms with Crippen LogP contribution in [0.3, 0.4) is 0 Å². The second-order valence-electron chi connectivity index (χ2n) is 4.91. The molecule has 17 heavy (non-hydrogen) atoms. The average Bonchev–Trinajstić information content (AvgIpc) is 2.38. The molecule has 2 nitrogen and oxygen atoms in total. The number of rotatable bonds is 8. The molecule has 0 amide bonds. The van der Waals surface area contributed by atoms with Crippen molar-refractivity contribution in [2.45, 2.75) is 46.0 Å². The molecular weight excluding hydrogens is 210 g/mol. The first-order valence-electron chi connectivity index (χ1n) is 7.00. The summed E-state index contributed by atoms with van der Waals surface area (Å²) >= 11 is 0. The standard InChI is InChI=1S/C15H27NO/c1-3-13(4-2)12-17-15-9-5-7-14(11-15)8-6-10-16/h5,7,9,13-14H,3-4,6,8,10-12,16H2,1-2H3. The van der Waals surface area contributed by atoms with E-state index in [0.29, 0.717) is 11.8 Å². The van der Waals surface area contributed by atoms with Gasteiger partial charge < -0.3 is 10.5 Å². The van der Waals surface area contributed by atoms with Crippen LogP contribution in [0.4, 0.5) is 0 Å². The van der Waals surface area contributed by atoms with Gasteiger partial charge in [-0.15, -0.1) is 0 Å². The van der Waals surface area contributed by atoms with Crippen molar-refractivity contribution in [2.24, 2.45) is 17.6 Å². The fraction of sp³-hybridized carbons (Fsp3) is 0.733. The van der Waals surface area contributed by atoms with Crippen LogP contribution in [0.25, 0.3) is 0 Å². The lowest BCUT2D eigenvalue weighted by atomic mass is 9.94. The predicted octanol–water partition coefficient (Wildman–Crippen LogP) is 3.64. The van der Waals surface area contributed by atoms with Gasteiger partial charge in [0.1, 0.15) is 0 Å². The number of allylic oxidation sites excluding steroid dienone is 4. The molecule has 2 N–H and O–H groups in total. The quantitative estimate of drug-likeness (QED) is 0.699. The SMILES string of the molecule is CCC(CC)COC1=CC=CC(CCCN)C1. The minimum atomic E-state index is 0.625. The summed E-state index contributed by atoms with van der Waals surface area (Å²) in [5.74, 6) is 2.48. The fourth-order valence-corrected chi connectivity index (χ4v) is 2.15. The van der Waals surface area contributed by atoms with Crippen LogP contribution in [0.15, 0.2) is 24.0 Å². The molecule has 0 fully saturated rings. The molecule has 0 saturated heterocycles. The molecule has 0 aromatic carbocycles. The highest BCUT2D eigenvalue weighted by molar-refractivity contribution is 5.15. The molecule has 0 aromatic heterocycles. The Labute approximate surface area is 106 Å². The molecule has 0 radical (unpaired) electrons. The number of nitrogens with two attached hydrogens (primary N) is 1. The van der Waals surface area contributed by atoms with E-state index in [1.165, 1.54) is 19.3 Å². The van der Waals surface area contributed by atoms with Crippen molar-refractivity contribution in [3.8, 4) is 0 Å². The third-order valence-electron chi connectivity index (χ3n) is 3.57. The largest absolute Gasteiger partial charge is 0.498 e. The molecule has 1 rings (SSSR count). The van der Waals surface area contributed by atoms with Crippen LogP contribution in [0.5, 0.6) is 0 Å². The van der Waals surface area contributed by atoms with Gasteiger partial charge in [-0.3, -0.25) is 0 Å². The zero-order chi connectivity index (χ0) is 12.5. The Morgan fingerprint density at radius 3 is 2.82 bits per heavy atom. The Kier molecular flexibility index (Phi) is 7.02. The molecular formula is C15H27NO. The Balaban J connectivity index is 2.30. The molecule has 1 aliphatic carbocycles. The van der Waals surface area contributed by atoms with E-state index in [-0.39, 0.29) is 0 Å². The smallest absolute Gasteiger partial charge is 0.0965 e. The molecule has 0 bridgehead atoms. The summed E-state index contributed by atoms with van der Waals surface area (Å²) in [5, 5.41) is 0. The van der Waals surface area contributed by atoms with Crippen LogP contribution in [-0.4, -0.2) is 13.2 Å². The molecule has 1 unspecified atom stereocenters. The highest BCUT2D eigenvalue weighted by Gasteiger charge is 2.13. The molecule has 1 atom stereocenters. The van der Waals surface area contributed by atoms with E-state index in [2.05, 4.69) is 32.1 Å². The Morgan fingerprint density at radius 2 is 2.18 bits per heavy atom. The van der Waals surface area contributed by atoms with Crippen LogP contribution in [0.2, 0.25) is 0 Å². The van der Waals surface area contributed by atoms with E-state index in [1.54, 1.807) is 0 Å². The monoisotopic (exact) mass is 237 g/mol. The number of hydrogen-bond acceptors (Lipinski definition) is 2. The van der Waals surface area contributed by atoms with Crippen LogP contribution in [0, 0.1) is 11.8 Å². The van der Waals surface area contributed by atoms with Gasteiger partial charge in [-0.2, -0.15) is 0 Å². The van der Waals surface area contributed by atoms with Crippen LogP contribution in [0.1, 0.15) is 46.0 Å². The summed E-state index contributed by atoms with van der Waals surface area (Å²) in [6.07, 6.45) is 12.3. The fourth-order valence-electron chi connectivity index (χ4n) is 2.15. The Morgan fingerprint density at radius 1 is 1.41 bits per heavy atom. The van der Waals surface area contributed by atoms with Gasteiger partial charge in [0.05, 0.1) is 12.4 Å². The lowest BCUT2D eigenvalue weighted by Gasteiger charge is -2.21. The Hall–Kier alpha value is -0.760. The Bertz CT molecular complexity index is 254. The molecule has 0 saturated carbocycles. The lowest BCUT2D eigenvalue weighted by Crippen LogP contribution is -2.11. The van der Waals surface area contributed by atoms with E-state index >= 15 is 0 Å². The molecule has 1 aliphatic rings. The van der Waals surface area contributed by atoms with Gasteiger partial charge in [-0.05, 0) is 37.3 Å². The summed E-state index contributed by atoms with van der Waals surface area (Å²) in [5.41, 5.74) is 5.54. The molecule has 0 heterocycles. The highest BCUT2D eigenvalue weighted by Crippen LogP contribution is 2.24. The third-order valence-corrected chi connectivity index (χ3v) is 3.57.